The molecule has 4 rings (SSSR count). The number of anilines is 2. The van der Waals surface area contributed by atoms with Crippen molar-refractivity contribution in [3.8, 4) is 0 Å². The molecule has 0 saturated carbocycles. The molecule has 0 unspecified atom stereocenters. The maximum atomic E-state index is 12.2. The molecule has 1 aliphatic rings. The van der Waals surface area contributed by atoms with E-state index in [9.17, 15) is 4.79 Å². The van der Waals surface area contributed by atoms with E-state index < -0.39 is 0 Å². The Morgan fingerprint density at radius 1 is 0.971 bits per heavy atom. The van der Waals surface area contributed by atoms with Crippen LogP contribution in [0.4, 0.5) is 11.4 Å². The molecule has 0 spiro atoms. The summed E-state index contributed by atoms with van der Waals surface area (Å²) in [5.41, 5.74) is 6.08. The van der Waals surface area contributed by atoms with E-state index in [4.69, 9.17) is 0 Å². The summed E-state index contributed by atoms with van der Waals surface area (Å²) >= 11 is 0. The second-order valence-corrected chi connectivity index (χ2v) is 9.31. The van der Waals surface area contributed by atoms with Crippen LogP contribution in [0, 0.1) is 12.8 Å². The van der Waals surface area contributed by atoms with E-state index in [0.29, 0.717) is 5.92 Å². The Hall–Kier alpha value is -3.18. The Bertz CT molecular complexity index is 1030. The molecule has 34 heavy (non-hydrogen) atoms. The molecule has 0 radical (unpaired) electrons. The summed E-state index contributed by atoms with van der Waals surface area (Å²) in [6.07, 6.45) is 6.90. The first kappa shape index (κ1) is 24.0. The number of piperidine rings is 1. The van der Waals surface area contributed by atoms with E-state index >= 15 is 0 Å². The Morgan fingerprint density at radius 2 is 1.68 bits per heavy atom. The van der Waals surface area contributed by atoms with Crippen molar-refractivity contribution < 1.29 is 4.79 Å². The second kappa shape index (κ2) is 11.8. The number of hydrogen-bond acceptors (Lipinski definition) is 4. The number of benzene rings is 2. The summed E-state index contributed by atoms with van der Waals surface area (Å²) in [4.78, 5) is 23.1. The quantitative estimate of drug-likeness (QED) is 0.389. The monoisotopic (exact) mass is 456 g/mol. The van der Waals surface area contributed by atoms with E-state index in [1.165, 1.54) is 22.4 Å². The molecule has 2 heterocycles. The fourth-order valence-electron chi connectivity index (χ4n) is 4.80. The fraction of sp³-hybridized carbons (Fsp3) is 0.379. The van der Waals surface area contributed by atoms with E-state index in [2.05, 4.69) is 83.2 Å². The van der Waals surface area contributed by atoms with E-state index in [1.54, 1.807) is 0 Å². The lowest BCUT2D eigenvalue weighted by molar-refractivity contribution is -0.107. The van der Waals surface area contributed by atoms with E-state index in [0.717, 1.165) is 64.2 Å². The second-order valence-electron chi connectivity index (χ2n) is 9.31. The number of amides is 1. The van der Waals surface area contributed by atoms with Gasteiger partial charge in [-0.3, -0.25) is 14.7 Å². The van der Waals surface area contributed by atoms with Crippen molar-refractivity contribution in [2.24, 2.45) is 5.92 Å². The molecule has 0 N–H and O–H groups in total. The summed E-state index contributed by atoms with van der Waals surface area (Å²) in [6.45, 7) is 9.81. The van der Waals surface area contributed by atoms with Crippen LogP contribution in [0.25, 0.3) is 0 Å². The highest BCUT2D eigenvalue weighted by atomic mass is 16.1. The van der Waals surface area contributed by atoms with Crippen LogP contribution in [0.15, 0.2) is 73.1 Å². The van der Waals surface area contributed by atoms with Gasteiger partial charge in [-0.25, -0.2) is 0 Å². The van der Waals surface area contributed by atoms with Crippen molar-refractivity contribution in [2.75, 3.05) is 36.0 Å². The first-order valence-electron chi connectivity index (χ1n) is 12.4. The lowest BCUT2D eigenvalue weighted by Crippen LogP contribution is -2.39. The zero-order valence-electron chi connectivity index (χ0n) is 20.4. The predicted molar refractivity (Wildman–Crippen MR) is 140 cm³/mol. The van der Waals surface area contributed by atoms with Crippen LogP contribution in [0.3, 0.4) is 0 Å². The van der Waals surface area contributed by atoms with Gasteiger partial charge in [-0.15, -0.1) is 0 Å². The third-order valence-corrected chi connectivity index (χ3v) is 6.89. The molecular formula is C29H36N4O. The highest BCUT2D eigenvalue weighted by molar-refractivity contribution is 5.77. The summed E-state index contributed by atoms with van der Waals surface area (Å²) in [5, 5.41) is 0. The van der Waals surface area contributed by atoms with Gasteiger partial charge < -0.3 is 9.80 Å². The van der Waals surface area contributed by atoms with Crippen LogP contribution in [0.5, 0.6) is 0 Å². The summed E-state index contributed by atoms with van der Waals surface area (Å²) in [6, 6.07) is 21.3. The van der Waals surface area contributed by atoms with Gasteiger partial charge in [-0.1, -0.05) is 55.0 Å². The molecule has 5 nitrogen and oxygen atoms in total. The summed E-state index contributed by atoms with van der Waals surface area (Å²) in [5.74, 6) is 0.506. The van der Waals surface area contributed by atoms with Crippen LogP contribution in [-0.2, 0) is 17.9 Å². The van der Waals surface area contributed by atoms with Gasteiger partial charge in [0.05, 0.1) is 0 Å². The number of nitrogens with zero attached hydrogens (tertiary/aromatic N) is 4. The minimum atomic E-state index is 0.506. The largest absolute Gasteiger partial charge is 0.371 e. The minimum Gasteiger partial charge on any atom is -0.371 e. The van der Waals surface area contributed by atoms with Gasteiger partial charge >= 0.3 is 0 Å². The van der Waals surface area contributed by atoms with Crippen LogP contribution in [0.2, 0.25) is 0 Å². The highest BCUT2D eigenvalue weighted by Crippen LogP contribution is 2.27. The number of carbonyl (C=O) groups is 1. The van der Waals surface area contributed by atoms with Gasteiger partial charge in [0.15, 0.2) is 0 Å². The molecule has 0 aliphatic carbocycles. The molecule has 1 fully saturated rings. The zero-order valence-corrected chi connectivity index (χ0v) is 20.4. The van der Waals surface area contributed by atoms with Crippen molar-refractivity contribution in [1.29, 1.82) is 0 Å². The lowest BCUT2D eigenvalue weighted by atomic mass is 9.95. The Labute approximate surface area is 204 Å². The maximum Gasteiger partial charge on any atom is 0.214 e. The molecule has 0 atom stereocenters. The number of hydrogen-bond donors (Lipinski definition) is 0. The molecule has 1 aromatic heterocycles. The van der Waals surface area contributed by atoms with Crippen molar-refractivity contribution in [1.82, 2.24) is 9.88 Å². The number of pyridine rings is 1. The standard InChI is InChI=1S/C29H36N4O/c1-3-31(20-25-10-8-24(2)9-11-25)22-27-6-4-5-7-29(27)33(23-34)21-26-14-18-32(19-15-26)28-12-16-30-17-13-28/h4-13,16-17,23,26H,3,14-15,18-22H2,1-2H3. The molecule has 1 amide bonds. The van der Waals surface area contributed by atoms with Gasteiger partial charge in [-0.05, 0) is 61.6 Å². The molecule has 2 aromatic carbocycles. The van der Waals surface area contributed by atoms with E-state index in [1.807, 2.05) is 23.4 Å². The number of aromatic nitrogens is 1. The SMILES string of the molecule is CCN(Cc1ccc(C)cc1)Cc1ccccc1N(C=O)CC1CCN(c2ccncc2)CC1. The maximum absolute atomic E-state index is 12.2. The van der Waals surface area contributed by atoms with Gasteiger partial charge in [-0.2, -0.15) is 0 Å². The Kier molecular flexibility index (Phi) is 8.31. The number of para-hydroxylation sites is 1. The van der Waals surface area contributed by atoms with Gasteiger partial charge in [0.1, 0.15) is 0 Å². The molecule has 5 heteroatoms. The van der Waals surface area contributed by atoms with Crippen molar-refractivity contribution in [3.63, 3.8) is 0 Å². The zero-order chi connectivity index (χ0) is 23.8. The van der Waals surface area contributed by atoms with Crippen LogP contribution < -0.4 is 9.80 Å². The molecular weight excluding hydrogens is 420 g/mol. The Balaban J connectivity index is 1.40. The first-order chi connectivity index (χ1) is 16.7. The van der Waals surface area contributed by atoms with Gasteiger partial charge in [0.25, 0.3) is 0 Å². The van der Waals surface area contributed by atoms with Crippen LogP contribution in [-0.4, -0.2) is 42.5 Å². The smallest absolute Gasteiger partial charge is 0.214 e. The number of aryl methyl sites for hydroxylation is 1. The number of rotatable bonds is 10. The van der Waals surface area contributed by atoms with Crippen LogP contribution >= 0.6 is 0 Å². The predicted octanol–water partition coefficient (Wildman–Crippen LogP) is 5.29. The normalized spacial score (nSPS) is 14.4. The third-order valence-electron chi connectivity index (χ3n) is 6.89. The van der Waals surface area contributed by atoms with Crippen molar-refractivity contribution in [3.05, 3.63) is 89.7 Å². The Morgan fingerprint density at radius 3 is 2.35 bits per heavy atom. The van der Waals surface area contributed by atoms with Crippen molar-refractivity contribution >= 4 is 17.8 Å². The average molecular weight is 457 g/mol. The van der Waals surface area contributed by atoms with Crippen molar-refractivity contribution in [2.45, 2.75) is 39.8 Å². The third kappa shape index (κ3) is 6.23. The highest BCUT2D eigenvalue weighted by Gasteiger charge is 2.23. The van der Waals surface area contributed by atoms with Gasteiger partial charge in [0, 0.05) is 56.5 Å². The molecule has 0 bridgehead atoms. The topological polar surface area (TPSA) is 39.7 Å². The molecule has 178 valence electrons. The summed E-state index contributed by atoms with van der Waals surface area (Å²) in [7, 11) is 0. The number of carbonyl (C=O) groups excluding carboxylic acids is 1. The molecule has 1 aliphatic heterocycles. The van der Waals surface area contributed by atoms with E-state index in [-0.39, 0.29) is 0 Å². The average Bonchev–Trinajstić information content (AvgIpc) is 2.89. The molecule has 1 saturated heterocycles. The molecule has 3 aromatic rings. The lowest BCUT2D eigenvalue weighted by Gasteiger charge is -2.35. The van der Waals surface area contributed by atoms with Gasteiger partial charge in [0.2, 0.25) is 6.41 Å². The first-order valence-corrected chi connectivity index (χ1v) is 12.4. The fourth-order valence-corrected chi connectivity index (χ4v) is 4.80. The minimum absolute atomic E-state index is 0.506. The summed E-state index contributed by atoms with van der Waals surface area (Å²) < 4.78 is 0. The van der Waals surface area contributed by atoms with Crippen LogP contribution in [0.1, 0.15) is 36.5 Å².